The predicted octanol–water partition coefficient (Wildman–Crippen LogP) is 1.41. The third-order valence-electron chi connectivity index (χ3n) is 3.31. The van der Waals surface area contributed by atoms with E-state index >= 15 is 0 Å². The second kappa shape index (κ2) is 5.78. The van der Waals surface area contributed by atoms with Gasteiger partial charge in [-0.05, 0) is 29.9 Å². The normalized spacial score (nSPS) is 20.1. The smallest absolute Gasteiger partial charge is 0.246 e. The van der Waals surface area contributed by atoms with E-state index in [9.17, 15) is 12.8 Å². The summed E-state index contributed by atoms with van der Waals surface area (Å²) in [6, 6.07) is 3.92. The molecule has 2 N–H and O–H groups in total. The van der Waals surface area contributed by atoms with E-state index < -0.39 is 15.8 Å². The van der Waals surface area contributed by atoms with Crippen molar-refractivity contribution in [2.24, 2.45) is 5.73 Å². The van der Waals surface area contributed by atoms with Crippen LogP contribution in [0.1, 0.15) is 12.0 Å². The average molecular weight is 304 g/mol. The van der Waals surface area contributed by atoms with Crippen molar-refractivity contribution >= 4 is 21.8 Å². The van der Waals surface area contributed by atoms with Gasteiger partial charge in [0.1, 0.15) is 10.7 Å². The Morgan fingerprint density at radius 3 is 2.84 bits per heavy atom. The lowest BCUT2D eigenvalue weighted by atomic mass is 10.2. The summed E-state index contributed by atoms with van der Waals surface area (Å²) in [6.45, 7) is 0.186. The fraction of sp³-hybridized carbons (Fsp3) is 0.500. The molecule has 0 spiro atoms. The van der Waals surface area contributed by atoms with Gasteiger partial charge in [0.05, 0.1) is 0 Å². The van der Waals surface area contributed by atoms with Crippen molar-refractivity contribution < 1.29 is 12.8 Å². The maximum absolute atomic E-state index is 13.8. The first-order chi connectivity index (χ1) is 8.96. The van der Waals surface area contributed by atoms with E-state index in [2.05, 4.69) is 0 Å². The van der Waals surface area contributed by atoms with Crippen LogP contribution in [-0.2, 0) is 16.6 Å². The Kier molecular flexibility index (Phi) is 4.50. The first-order valence-electron chi connectivity index (χ1n) is 6.01. The van der Waals surface area contributed by atoms with Crippen molar-refractivity contribution in [1.29, 1.82) is 0 Å². The van der Waals surface area contributed by atoms with Crippen molar-refractivity contribution in [3.63, 3.8) is 0 Å². The van der Waals surface area contributed by atoms with Crippen LogP contribution in [0.2, 0.25) is 0 Å². The Morgan fingerprint density at radius 2 is 2.26 bits per heavy atom. The monoisotopic (exact) mass is 304 g/mol. The molecule has 1 fully saturated rings. The lowest BCUT2D eigenvalue weighted by molar-refractivity contribution is 0.391. The SMILES string of the molecule is CN(C1CCSC1)S(=O)(=O)c1cc(CN)ccc1F. The molecule has 0 bridgehead atoms. The van der Waals surface area contributed by atoms with Crippen LogP contribution in [0.5, 0.6) is 0 Å². The Labute approximate surface area is 117 Å². The number of hydrogen-bond donors (Lipinski definition) is 1. The number of nitrogens with zero attached hydrogens (tertiary/aromatic N) is 1. The number of hydrogen-bond acceptors (Lipinski definition) is 4. The highest BCUT2D eigenvalue weighted by atomic mass is 32.2. The molecule has 1 aliphatic rings. The minimum absolute atomic E-state index is 0.0593. The molecular weight excluding hydrogens is 287 g/mol. The van der Waals surface area contributed by atoms with Crippen LogP contribution >= 0.6 is 11.8 Å². The predicted molar refractivity (Wildman–Crippen MR) is 75.0 cm³/mol. The molecule has 0 amide bonds. The summed E-state index contributed by atoms with van der Waals surface area (Å²) in [5.41, 5.74) is 6.08. The molecule has 0 aromatic heterocycles. The maximum Gasteiger partial charge on any atom is 0.246 e. The fourth-order valence-electron chi connectivity index (χ4n) is 2.03. The quantitative estimate of drug-likeness (QED) is 0.913. The van der Waals surface area contributed by atoms with E-state index in [0.717, 1.165) is 24.0 Å². The van der Waals surface area contributed by atoms with Gasteiger partial charge < -0.3 is 5.73 Å². The molecule has 1 aliphatic heterocycles. The van der Waals surface area contributed by atoms with E-state index in [1.165, 1.54) is 23.5 Å². The van der Waals surface area contributed by atoms with Crippen molar-refractivity contribution in [3.05, 3.63) is 29.6 Å². The van der Waals surface area contributed by atoms with Gasteiger partial charge in [0.2, 0.25) is 10.0 Å². The van der Waals surface area contributed by atoms with Gasteiger partial charge in [-0.1, -0.05) is 6.07 Å². The highest BCUT2D eigenvalue weighted by Gasteiger charge is 2.32. The van der Waals surface area contributed by atoms with E-state index in [1.54, 1.807) is 11.8 Å². The number of sulfonamides is 1. The molecule has 0 saturated carbocycles. The molecular formula is C12H17FN2O2S2. The maximum atomic E-state index is 13.8. The van der Waals surface area contributed by atoms with Crippen LogP contribution in [-0.4, -0.2) is 37.3 Å². The zero-order valence-corrected chi connectivity index (χ0v) is 12.3. The van der Waals surface area contributed by atoms with Gasteiger partial charge in [-0.3, -0.25) is 0 Å². The van der Waals surface area contributed by atoms with Crippen molar-refractivity contribution in [2.75, 3.05) is 18.6 Å². The van der Waals surface area contributed by atoms with Crippen molar-refractivity contribution in [3.8, 4) is 0 Å². The lowest BCUT2D eigenvalue weighted by Crippen LogP contribution is -2.37. The summed E-state index contributed by atoms with van der Waals surface area (Å²) in [6.07, 6.45) is 0.804. The van der Waals surface area contributed by atoms with Crippen LogP contribution in [0.4, 0.5) is 4.39 Å². The molecule has 7 heteroatoms. The summed E-state index contributed by atoms with van der Waals surface area (Å²) >= 11 is 1.71. The third-order valence-corrected chi connectivity index (χ3v) is 6.38. The minimum atomic E-state index is -3.80. The molecule has 1 unspecified atom stereocenters. The van der Waals surface area contributed by atoms with E-state index in [0.29, 0.717) is 5.56 Å². The van der Waals surface area contributed by atoms with E-state index in [1.807, 2.05) is 0 Å². The zero-order chi connectivity index (χ0) is 14.0. The molecule has 0 aliphatic carbocycles. The van der Waals surface area contributed by atoms with Crippen molar-refractivity contribution in [1.82, 2.24) is 4.31 Å². The third kappa shape index (κ3) is 2.94. The average Bonchev–Trinajstić information content (AvgIpc) is 2.92. The number of thioether (sulfide) groups is 1. The van der Waals surface area contributed by atoms with Gasteiger partial charge in [0, 0.05) is 25.4 Å². The van der Waals surface area contributed by atoms with Crippen LogP contribution in [0.25, 0.3) is 0 Å². The van der Waals surface area contributed by atoms with Gasteiger partial charge in [-0.25, -0.2) is 12.8 Å². The van der Waals surface area contributed by atoms with Gasteiger partial charge in [0.25, 0.3) is 0 Å². The molecule has 1 aromatic rings. The van der Waals surface area contributed by atoms with Gasteiger partial charge in [-0.2, -0.15) is 16.1 Å². The molecule has 1 atom stereocenters. The molecule has 1 aromatic carbocycles. The van der Waals surface area contributed by atoms with E-state index in [4.69, 9.17) is 5.73 Å². The largest absolute Gasteiger partial charge is 0.326 e. The first kappa shape index (κ1) is 14.8. The number of benzene rings is 1. The summed E-state index contributed by atoms with van der Waals surface area (Å²) in [5.74, 6) is 0.971. The topological polar surface area (TPSA) is 63.4 Å². The summed E-state index contributed by atoms with van der Waals surface area (Å²) in [4.78, 5) is -0.283. The standard InChI is InChI=1S/C12H17FN2O2S2/c1-15(10-4-5-18-8-10)19(16,17)12-6-9(7-14)2-3-11(12)13/h2-3,6,10H,4-5,7-8,14H2,1H3. The summed E-state index contributed by atoms with van der Waals surface area (Å²) in [5, 5.41) is 0. The van der Waals surface area contributed by atoms with Crippen LogP contribution < -0.4 is 5.73 Å². The Bertz CT molecular complexity index is 557. The fourth-order valence-corrected chi connectivity index (χ4v) is 4.89. The highest BCUT2D eigenvalue weighted by molar-refractivity contribution is 7.99. The zero-order valence-electron chi connectivity index (χ0n) is 10.7. The Balaban J connectivity index is 2.38. The van der Waals surface area contributed by atoms with Crippen LogP contribution in [0.15, 0.2) is 23.1 Å². The molecule has 19 heavy (non-hydrogen) atoms. The summed E-state index contributed by atoms with van der Waals surface area (Å²) < 4.78 is 40.0. The molecule has 0 radical (unpaired) electrons. The Morgan fingerprint density at radius 1 is 1.53 bits per heavy atom. The second-order valence-corrected chi connectivity index (χ2v) is 7.62. The molecule has 1 saturated heterocycles. The van der Waals surface area contributed by atoms with Crippen LogP contribution in [0, 0.1) is 5.82 Å². The summed E-state index contributed by atoms with van der Waals surface area (Å²) in [7, 11) is -2.28. The molecule has 106 valence electrons. The van der Waals surface area contributed by atoms with Crippen molar-refractivity contribution in [2.45, 2.75) is 23.9 Å². The van der Waals surface area contributed by atoms with E-state index in [-0.39, 0.29) is 17.5 Å². The van der Waals surface area contributed by atoms with Gasteiger partial charge in [-0.15, -0.1) is 0 Å². The highest BCUT2D eigenvalue weighted by Crippen LogP contribution is 2.27. The number of nitrogens with two attached hydrogens (primary N) is 1. The first-order valence-corrected chi connectivity index (χ1v) is 8.60. The number of rotatable bonds is 4. The minimum Gasteiger partial charge on any atom is -0.326 e. The lowest BCUT2D eigenvalue weighted by Gasteiger charge is -2.23. The van der Waals surface area contributed by atoms with Gasteiger partial charge >= 0.3 is 0 Å². The second-order valence-electron chi connectivity index (χ2n) is 4.51. The molecule has 4 nitrogen and oxygen atoms in total. The Hall–Kier alpha value is -0.630. The van der Waals surface area contributed by atoms with Crippen LogP contribution in [0.3, 0.4) is 0 Å². The number of halogens is 1. The van der Waals surface area contributed by atoms with Gasteiger partial charge in [0.15, 0.2) is 0 Å². The molecule has 2 rings (SSSR count). The molecule has 1 heterocycles.